The van der Waals surface area contributed by atoms with Gasteiger partial charge in [0.05, 0.1) is 13.4 Å². The van der Waals surface area contributed by atoms with E-state index in [-0.39, 0.29) is 19.6 Å². The number of aromatic amines is 1. The highest BCUT2D eigenvalue weighted by molar-refractivity contribution is 5.81. The van der Waals surface area contributed by atoms with E-state index in [2.05, 4.69) is 32.3 Å². The lowest BCUT2D eigenvalue weighted by Crippen LogP contribution is -2.41. The highest BCUT2D eigenvalue weighted by Gasteiger charge is 2.22. The Morgan fingerprint density at radius 2 is 1.56 bits per heavy atom. The molecule has 0 bridgehead atoms. The first-order chi connectivity index (χ1) is 21.1. The van der Waals surface area contributed by atoms with Gasteiger partial charge in [-0.25, -0.2) is 14.6 Å². The Bertz CT molecular complexity index is 1390. The fourth-order valence-electron chi connectivity index (χ4n) is 4.33. The van der Waals surface area contributed by atoms with E-state index in [4.69, 9.17) is 14.2 Å². The third kappa shape index (κ3) is 11.1. The zero-order valence-corrected chi connectivity index (χ0v) is 24.4. The van der Waals surface area contributed by atoms with E-state index in [1.807, 2.05) is 91.1 Å². The van der Waals surface area contributed by atoms with Crippen LogP contribution in [-0.4, -0.2) is 53.2 Å². The van der Waals surface area contributed by atoms with Crippen molar-refractivity contribution in [2.45, 2.75) is 38.6 Å². The Morgan fingerprint density at radius 3 is 2.19 bits per heavy atom. The molecule has 0 aliphatic carbocycles. The minimum atomic E-state index is -0.900. The van der Waals surface area contributed by atoms with Gasteiger partial charge in [0, 0.05) is 37.9 Å². The molecule has 9 nitrogen and oxygen atoms in total. The van der Waals surface area contributed by atoms with Gasteiger partial charge in [-0.2, -0.15) is 0 Å². The summed E-state index contributed by atoms with van der Waals surface area (Å²) in [6.07, 6.45) is 7.79. The summed E-state index contributed by atoms with van der Waals surface area (Å²) in [5.41, 5.74) is 3.93. The van der Waals surface area contributed by atoms with E-state index in [9.17, 15) is 9.59 Å². The normalized spacial score (nSPS) is 11.8. The van der Waals surface area contributed by atoms with Crippen LogP contribution in [0.15, 0.2) is 110 Å². The van der Waals surface area contributed by atoms with Crippen LogP contribution in [0.4, 0.5) is 4.79 Å². The molecular weight excluding hydrogens is 544 g/mol. The fourth-order valence-corrected chi connectivity index (χ4v) is 4.33. The lowest BCUT2D eigenvalue weighted by atomic mass is 10.1. The van der Waals surface area contributed by atoms with Gasteiger partial charge in [0.1, 0.15) is 25.0 Å². The van der Waals surface area contributed by atoms with Crippen molar-refractivity contribution in [3.63, 3.8) is 0 Å². The molecular formula is C34H38N4O5. The Hall–Kier alpha value is -4.89. The average molecular weight is 583 g/mol. The van der Waals surface area contributed by atoms with Gasteiger partial charge in [0.2, 0.25) is 0 Å². The molecule has 0 radical (unpaired) electrons. The van der Waals surface area contributed by atoms with Crippen molar-refractivity contribution in [2.75, 3.05) is 20.2 Å². The standard InChI is InChI=1S/C34H38N4O5/c1-41-31-17-15-27(16-18-31)23-38(21-19-30-22-35-26-36-30)20-9-8-14-32(33(39)42-24-28-10-4-2-5-11-28)37-34(40)43-25-29-12-6-3-7-13-29/h2-13,15-18,22,26,32H,14,19-21,23-25H2,1H3,(H,35,36)(H,37,40)/b9-8+/t32-/m0/s1. The summed E-state index contributed by atoms with van der Waals surface area (Å²) >= 11 is 0. The molecule has 0 fully saturated rings. The molecule has 1 atom stereocenters. The third-order valence-electron chi connectivity index (χ3n) is 6.73. The second kappa shape index (κ2) is 17.2. The van der Waals surface area contributed by atoms with Gasteiger partial charge in [-0.3, -0.25) is 4.90 Å². The number of amides is 1. The number of H-pyrrole nitrogens is 1. The zero-order valence-electron chi connectivity index (χ0n) is 24.4. The first-order valence-corrected chi connectivity index (χ1v) is 14.2. The summed E-state index contributed by atoms with van der Waals surface area (Å²) in [5, 5.41) is 2.68. The van der Waals surface area contributed by atoms with Crippen molar-refractivity contribution in [1.82, 2.24) is 20.2 Å². The largest absolute Gasteiger partial charge is 0.497 e. The maximum absolute atomic E-state index is 13.0. The second-order valence-electron chi connectivity index (χ2n) is 9.97. The number of aromatic nitrogens is 2. The molecule has 0 aliphatic rings. The number of alkyl carbamates (subject to hydrolysis) is 1. The molecule has 0 spiro atoms. The van der Waals surface area contributed by atoms with Crippen molar-refractivity contribution >= 4 is 12.1 Å². The van der Waals surface area contributed by atoms with Crippen LogP contribution in [0.1, 0.15) is 28.8 Å². The third-order valence-corrected chi connectivity index (χ3v) is 6.73. The number of benzene rings is 3. The van der Waals surface area contributed by atoms with E-state index in [0.717, 1.165) is 47.6 Å². The lowest BCUT2D eigenvalue weighted by molar-refractivity contribution is -0.147. The maximum Gasteiger partial charge on any atom is 0.408 e. The second-order valence-corrected chi connectivity index (χ2v) is 9.97. The number of methoxy groups -OCH3 is 1. The van der Waals surface area contributed by atoms with Crippen LogP contribution in [0.5, 0.6) is 5.75 Å². The molecule has 1 aromatic heterocycles. The minimum Gasteiger partial charge on any atom is -0.497 e. The van der Waals surface area contributed by atoms with Crippen LogP contribution >= 0.6 is 0 Å². The number of nitrogens with one attached hydrogen (secondary N) is 2. The molecule has 1 heterocycles. The van der Waals surface area contributed by atoms with E-state index < -0.39 is 18.1 Å². The topological polar surface area (TPSA) is 106 Å². The van der Waals surface area contributed by atoms with Gasteiger partial charge in [-0.15, -0.1) is 0 Å². The van der Waals surface area contributed by atoms with Crippen molar-refractivity contribution < 1.29 is 23.8 Å². The molecule has 9 heteroatoms. The summed E-state index contributed by atoms with van der Waals surface area (Å²) in [6.45, 7) is 2.39. The molecule has 0 saturated heterocycles. The number of carbonyl (C=O) groups is 2. The van der Waals surface area contributed by atoms with Crippen molar-refractivity contribution in [2.24, 2.45) is 0 Å². The molecule has 4 aromatic rings. The minimum absolute atomic E-state index is 0.102. The van der Waals surface area contributed by atoms with E-state index >= 15 is 0 Å². The number of hydrogen-bond donors (Lipinski definition) is 2. The maximum atomic E-state index is 13.0. The van der Waals surface area contributed by atoms with Gasteiger partial charge in [-0.1, -0.05) is 84.9 Å². The predicted octanol–water partition coefficient (Wildman–Crippen LogP) is 5.45. The average Bonchev–Trinajstić information content (AvgIpc) is 3.58. The molecule has 224 valence electrons. The van der Waals surface area contributed by atoms with E-state index in [0.29, 0.717) is 6.54 Å². The van der Waals surface area contributed by atoms with Gasteiger partial charge >= 0.3 is 12.1 Å². The Morgan fingerprint density at radius 1 is 0.884 bits per heavy atom. The Labute approximate surface area is 252 Å². The van der Waals surface area contributed by atoms with Crippen LogP contribution in [0.2, 0.25) is 0 Å². The van der Waals surface area contributed by atoms with Crippen LogP contribution < -0.4 is 10.1 Å². The monoisotopic (exact) mass is 582 g/mol. The molecule has 0 saturated carbocycles. The molecule has 2 N–H and O–H groups in total. The quantitative estimate of drug-likeness (QED) is 0.134. The molecule has 4 rings (SSSR count). The van der Waals surface area contributed by atoms with Gasteiger partial charge in [0.15, 0.2) is 0 Å². The van der Waals surface area contributed by atoms with Gasteiger partial charge in [-0.05, 0) is 35.2 Å². The smallest absolute Gasteiger partial charge is 0.408 e. The molecule has 43 heavy (non-hydrogen) atoms. The zero-order chi connectivity index (χ0) is 30.1. The lowest BCUT2D eigenvalue weighted by Gasteiger charge is -2.21. The number of carbonyl (C=O) groups excluding carboxylic acids is 2. The predicted molar refractivity (Wildman–Crippen MR) is 164 cm³/mol. The van der Waals surface area contributed by atoms with Gasteiger partial charge < -0.3 is 24.5 Å². The fraction of sp³-hybridized carbons (Fsp3) is 0.265. The number of rotatable bonds is 16. The molecule has 0 unspecified atom stereocenters. The number of ether oxygens (including phenoxy) is 3. The molecule has 3 aromatic carbocycles. The molecule has 1 amide bonds. The SMILES string of the molecule is COc1ccc(CN(C/C=C/C[C@H](NC(=O)OCc2ccccc2)C(=O)OCc2ccccc2)CCc2cnc[nH]2)cc1. The van der Waals surface area contributed by atoms with Crippen molar-refractivity contribution in [1.29, 1.82) is 0 Å². The van der Waals surface area contributed by atoms with Crippen LogP contribution in [-0.2, 0) is 40.4 Å². The van der Waals surface area contributed by atoms with Crippen molar-refractivity contribution in [3.8, 4) is 5.75 Å². The Balaban J connectivity index is 1.36. The van der Waals surface area contributed by atoms with Crippen LogP contribution in [0, 0.1) is 0 Å². The summed E-state index contributed by atoms with van der Waals surface area (Å²) in [4.78, 5) is 35.2. The van der Waals surface area contributed by atoms with Gasteiger partial charge in [0.25, 0.3) is 0 Å². The highest BCUT2D eigenvalue weighted by atomic mass is 16.6. The molecule has 0 aliphatic heterocycles. The number of imidazole rings is 1. The van der Waals surface area contributed by atoms with E-state index in [1.165, 1.54) is 0 Å². The first kappa shape index (κ1) is 31.1. The number of hydrogen-bond acceptors (Lipinski definition) is 7. The van der Waals surface area contributed by atoms with Crippen LogP contribution in [0.25, 0.3) is 0 Å². The first-order valence-electron chi connectivity index (χ1n) is 14.2. The van der Waals surface area contributed by atoms with Crippen molar-refractivity contribution in [3.05, 3.63) is 132 Å². The number of esters is 1. The summed E-state index contributed by atoms with van der Waals surface area (Å²) < 4.78 is 16.2. The Kier molecular flexibility index (Phi) is 12.4. The summed E-state index contributed by atoms with van der Waals surface area (Å²) in [7, 11) is 1.65. The van der Waals surface area contributed by atoms with Crippen LogP contribution in [0.3, 0.4) is 0 Å². The summed E-state index contributed by atoms with van der Waals surface area (Å²) in [6, 6.07) is 25.9. The summed E-state index contributed by atoms with van der Waals surface area (Å²) in [5.74, 6) is 0.284. The highest BCUT2D eigenvalue weighted by Crippen LogP contribution is 2.14. The van der Waals surface area contributed by atoms with E-state index in [1.54, 1.807) is 13.4 Å². The number of nitrogens with zero attached hydrogens (tertiary/aromatic N) is 2.